The van der Waals surface area contributed by atoms with Crippen LogP contribution in [0.3, 0.4) is 0 Å². The highest BCUT2D eigenvalue weighted by Crippen LogP contribution is 2.21. The zero-order valence-electron chi connectivity index (χ0n) is 8.75. The van der Waals surface area contributed by atoms with Crippen LogP contribution in [0.25, 0.3) is 0 Å². The number of terminal acetylenes is 1. The first-order chi connectivity index (χ1) is 6.74. The summed E-state index contributed by atoms with van der Waals surface area (Å²) in [5.74, 6) is 2.42. The molecule has 0 aliphatic heterocycles. The van der Waals surface area contributed by atoms with Crippen LogP contribution in [-0.4, -0.2) is 37.0 Å². The number of carbonyl (C=O) groups is 1. The average Bonchev–Trinajstić information content (AvgIpc) is 2.67. The Kier molecular flexibility index (Phi) is 4.48. The van der Waals surface area contributed by atoms with Crippen LogP contribution in [0.2, 0.25) is 0 Å². The Bertz CT molecular complexity index is 226. The Morgan fingerprint density at radius 2 is 2.21 bits per heavy atom. The van der Waals surface area contributed by atoms with Crippen molar-refractivity contribution in [1.82, 2.24) is 10.2 Å². The van der Waals surface area contributed by atoms with Crippen molar-refractivity contribution in [2.24, 2.45) is 0 Å². The van der Waals surface area contributed by atoms with Gasteiger partial charge in [0.1, 0.15) is 0 Å². The summed E-state index contributed by atoms with van der Waals surface area (Å²) in [6, 6.07) is 0.589. The van der Waals surface area contributed by atoms with E-state index >= 15 is 0 Å². The van der Waals surface area contributed by atoms with Crippen LogP contribution < -0.4 is 5.32 Å². The zero-order valence-corrected chi connectivity index (χ0v) is 8.75. The fraction of sp³-hybridized carbons (Fsp3) is 0.727. The van der Waals surface area contributed by atoms with E-state index in [0.717, 1.165) is 0 Å². The van der Waals surface area contributed by atoms with Gasteiger partial charge in [0.2, 0.25) is 5.91 Å². The fourth-order valence-corrected chi connectivity index (χ4v) is 1.91. The average molecular weight is 194 g/mol. The van der Waals surface area contributed by atoms with Gasteiger partial charge in [-0.2, -0.15) is 0 Å². The molecular weight excluding hydrogens is 176 g/mol. The van der Waals surface area contributed by atoms with E-state index in [4.69, 9.17) is 6.42 Å². The first-order valence-corrected chi connectivity index (χ1v) is 5.14. The molecule has 3 nitrogen and oxygen atoms in total. The number of nitrogens with one attached hydrogen (secondary N) is 1. The Balaban J connectivity index is 2.22. The van der Waals surface area contributed by atoms with Crippen molar-refractivity contribution >= 4 is 5.91 Å². The lowest BCUT2D eigenvalue weighted by atomic mass is 10.2. The number of hydrogen-bond acceptors (Lipinski definition) is 2. The third kappa shape index (κ3) is 3.39. The van der Waals surface area contributed by atoms with Gasteiger partial charge in [0, 0.05) is 6.04 Å². The summed E-state index contributed by atoms with van der Waals surface area (Å²) in [4.78, 5) is 13.4. The van der Waals surface area contributed by atoms with Gasteiger partial charge in [0.15, 0.2) is 0 Å². The van der Waals surface area contributed by atoms with E-state index in [1.165, 1.54) is 25.7 Å². The molecule has 0 radical (unpaired) electrons. The van der Waals surface area contributed by atoms with Gasteiger partial charge in [-0.15, -0.1) is 6.42 Å². The highest BCUT2D eigenvalue weighted by molar-refractivity contribution is 5.78. The molecule has 0 bridgehead atoms. The molecule has 1 N–H and O–H groups in total. The maximum atomic E-state index is 11.3. The summed E-state index contributed by atoms with van der Waals surface area (Å²) in [6.07, 6.45) is 10.1. The minimum absolute atomic E-state index is 0.0253. The second kappa shape index (κ2) is 5.66. The molecule has 0 atom stereocenters. The molecule has 1 aliphatic carbocycles. The number of rotatable bonds is 4. The maximum absolute atomic E-state index is 11.3. The molecule has 0 heterocycles. The Labute approximate surface area is 85.9 Å². The topological polar surface area (TPSA) is 32.3 Å². The molecule has 3 heteroatoms. The molecule has 0 aromatic rings. The van der Waals surface area contributed by atoms with Crippen LogP contribution in [0.5, 0.6) is 0 Å². The number of carbonyl (C=O) groups excluding carboxylic acids is 1. The van der Waals surface area contributed by atoms with Crippen molar-refractivity contribution in [1.29, 1.82) is 0 Å². The smallest absolute Gasteiger partial charge is 0.234 e. The van der Waals surface area contributed by atoms with Crippen LogP contribution >= 0.6 is 0 Å². The molecule has 1 saturated carbocycles. The van der Waals surface area contributed by atoms with Gasteiger partial charge in [-0.05, 0) is 19.9 Å². The van der Waals surface area contributed by atoms with Crippen LogP contribution in [0.15, 0.2) is 0 Å². The predicted molar refractivity (Wildman–Crippen MR) is 56.7 cm³/mol. The Hall–Kier alpha value is -1.01. The standard InChI is InChI=1S/C11H18N2O/c1-3-8-12-11(14)9-13(2)10-6-4-5-7-10/h1,10H,4-9H2,2H3,(H,12,14). The molecule has 0 aromatic carbocycles. The van der Waals surface area contributed by atoms with Crippen molar-refractivity contribution in [3.63, 3.8) is 0 Å². The first-order valence-electron chi connectivity index (χ1n) is 5.14. The van der Waals surface area contributed by atoms with Crippen molar-refractivity contribution in [3.8, 4) is 12.3 Å². The van der Waals surface area contributed by atoms with Crippen molar-refractivity contribution in [2.45, 2.75) is 31.7 Å². The molecule has 14 heavy (non-hydrogen) atoms. The van der Waals surface area contributed by atoms with Crippen LogP contribution in [0, 0.1) is 12.3 Å². The lowest BCUT2D eigenvalue weighted by Crippen LogP contribution is -2.39. The highest BCUT2D eigenvalue weighted by Gasteiger charge is 2.20. The van der Waals surface area contributed by atoms with E-state index in [0.29, 0.717) is 19.1 Å². The molecule has 78 valence electrons. The van der Waals surface area contributed by atoms with Gasteiger partial charge in [-0.1, -0.05) is 18.8 Å². The van der Waals surface area contributed by atoms with Gasteiger partial charge < -0.3 is 5.32 Å². The lowest BCUT2D eigenvalue weighted by molar-refractivity contribution is -0.122. The zero-order chi connectivity index (χ0) is 10.4. The molecule has 0 saturated heterocycles. The maximum Gasteiger partial charge on any atom is 0.234 e. The summed E-state index contributed by atoms with van der Waals surface area (Å²) in [5.41, 5.74) is 0. The molecule has 0 unspecified atom stereocenters. The van der Waals surface area contributed by atoms with Crippen LogP contribution in [0.4, 0.5) is 0 Å². The normalized spacial score (nSPS) is 16.9. The first kappa shape index (κ1) is 11.1. The van der Waals surface area contributed by atoms with Gasteiger partial charge in [-0.25, -0.2) is 0 Å². The highest BCUT2D eigenvalue weighted by atomic mass is 16.2. The quantitative estimate of drug-likeness (QED) is 0.665. The van der Waals surface area contributed by atoms with Crippen molar-refractivity contribution in [3.05, 3.63) is 0 Å². The molecule has 1 rings (SSSR count). The molecule has 0 aromatic heterocycles. The van der Waals surface area contributed by atoms with Crippen LogP contribution in [0.1, 0.15) is 25.7 Å². The van der Waals surface area contributed by atoms with E-state index in [2.05, 4.69) is 16.1 Å². The van der Waals surface area contributed by atoms with Gasteiger partial charge in [0.05, 0.1) is 13.1 Å². The minimum atomic E-state index is 0.0253. The monoisotopic (exact) mass is 194 g/mol. The Morgan fingerprint density at radius 1 is 1.57 bits per heavy atom. The lowest BCUT2D eigenvalue weighted by Gasteiger charge is -2.22. The molecule has 1 fully saturated rings. The van der Waals surface area contributed by atoms with Crippen molar-refractivity contribution in [2.75, 3.05) is 20.1 Å². The number of amides is 1. The van der Waals surface area contributed by atoms with Gasteiger partial charge >= 0.3 is 0 Å². The van der Waals surface area contributed by atoms with Crippen LogP contribution in [-0.2, 0) is 4.79 Å². The number of likely N-dealkylation sites (N-methyl/N-ethyl adjacent to an activating group) is 1. The summed E-state index contributed by atoms with van der Waals surface area (Å²) in [6.45, 7) is 0.795. The molecule has 1 aliphatic rings. The van der Waals surface area contributed by atoms with Gasteiger partial charge in [0.25, 0.3) is 0 Å². The van der Waals surface area contributed by atoms with E-state index in [9.17, 15) is 4.79 Å². The number of nitrogens with zero attached hydrogens (tertiary/aromatic N) is 1. The molecule has 0 spiro atoms. The summed E-state index contributed by atoms with van der Waals surface area (Å²) < 4.78 is 0. The largest absolute Gasteiger partial charge is 0.344 e. The Morgan fingerprint density at radius 3 is 2.79 bits per heavy atom. The van der Waals surface area contributed by atoms with E-state index in [1.54, 1.807) is 0 Å². The van der Waals surface area contributed by atoms with E-state index in [-0.39, 0.29) is 5.91 Å². The minimum Gasteiger partial charge on any atom is -0.344 e. The van der Waals surface area contributed by atoms with Gasteiger partial charge in [-0.3, -0.25) is 9.69 Å². The van der Waals surface area contributed by atoms with E-state index in [1.807, 2.05) is 7.05 Å². The second-order valence-electron chi connectivity index (χ2n) is 3.83. The fourth-order valence-electron chi connectivity index (χ4n) is 1.91. The summed E-state index contributed by atoms with van der Waals surface area (Å²) >= 11 is 0. The summed E-state index contributed by atoms with van der Waals surface area (Å²) in [5, 5.41) is 2.67. The van der Waals surface area contributed by atoms with E-state index < -0.39 is 0 Å². The molecular formula is C11H18N2O. The molecule has 1 amide bonds. The second-order valence-corrected chi connectivity index (χ2v) is 3.83. The predicted octanol–water partition coefficient (Wildman–Crippen LogP) is 0.610. The summed E-state index contributed by atoms with van der Waals surface area (Å²) in [7, 11) is 2.01. The third-order valence-corrected chi connectivity index (χ3v) is 2.73. The SMILES string of the molecule is C#CCNC(=O)CN(C)C1CCCC1. The number of hydrogen-bond donors (Lipinski definition) is 1. The van der Waals surface area contributed by atoms with Crippen molar-refractivity contribution < 1.29 is 4.79 Å². The third-order valence-electron chi connectivity index (χ3n) is 2.73.